The minimum atomic E-state index is -0.652. The van der Waals surface area contributed by atoms with Gasteiger partial charge in [-0.2, -0.15) is 0 Å². The number of carbonyl (C=O) groups excluding carboxylic acids is 2. The fourth-order valence-electron chi connectivity index (χ4n) is 1.76. The van der Waals surface area contributed by atoms with E-state index in [4.69, 9.17) is 5.11 Å². The summed E-state index contributed by atoms with van der Waals surface area (Å²) in [5.41, 5.74) is 2.68. The molecular formula is C15H22N2O3. The molecule has 0 fully saturated rings. The van der Waals surface area contributed by atoms with E-state index in [0.29, 0.717) is 18.7 Å². The number of nitrogens with one attached hydrogen (secondary N) is 2. The molecule has 2 amide bonds. The summed E-state index contributed by atoms with van der Waals surface area (Å²) in [7, 11) is 0. The Kier molecular flexibility index (Phi) is 6.73. The molecule has 0 saturated carbocycles. The van der Waals surface area contributed by atoms with Gasteiger partial charge in [-0.15, -0.1) is 0 Å². The molecule has 0 aromatic heterocycles. The summed E-state index contributed by atoms with van der Waals surface area (Å²) < 4.78 is 0. The number of benzene rings is 1. The van der Waals surface area contributed by atoms with Crippen LogP contribution in [-0.4, -0.2) is 30.1 Å². The van der Waals surface area contributed by atoms with E-state index >= 15 is 0 Å². The van der Waals surface area contributed by atoms with E-state index in [1.807, 2.05) is 26.0 Å². The second-order valence-corrected chi connectivity index (χ2v) is 4.74. The Morgan fingerprint density at radius 2 is 1.85 bits per heavy atom. The van der Waals surface area contributed by atoms with Crippen LogP contribution in [0.15, 0.2) is 18.2 Å². The molecule has 0 heterocycles. The fraction of sp³-hybridized carbons (Fsp3) is 0.467. The predicted octanol–water partition coefficient (Wildman–Crippen LogP) is 1.52. The van der Waals surface area contributed by atoms with Crippen LogP contribution in [0, 0.1) is 13.8 Å². The second kappa shape index (κ2) is 8.32. The van der Waals surface area contributed by atoms with Crippen molar-refractivity contribution in [1.82, 2.24) is 5.32 Å². The number of unbranched alkanes of at least 4 members (excludes halogenated alkanes) is 2. The molecule has 1 aromatic carbocycles. The summed E-state index contributed by atoms with van der Waals surface area (Å²) in [6.45, 7) is 4.45. The molecule has 0 radical (unpaired) electrons. The number of aliphatic hydroxyl groups is 1. The lowest BCUT2D eigenvalue weighted by Crippen LogP contribution is -2.36. The van der Waals surface area contributed by atoms with Crippen LogP contribution in [-0.2, 0) is 9.59 Å². The maximum absolute atomic E-state index is 11.7. The van der Waals surface area contributed by atoms with E-state index in [2.05, 4.69) is 10.6 Å². The first-order chi connectivity index (χ1) is 9.56. The summed E-state index contributed by atoms with van der Waals surface area (Å²) in [6.07, 6.45) is 2.29. The third kappa shape index (κ3) is 5.01. The van der Waals surface area contributed by atoms with Gasteiger partial charge in [-0.1, -0.05) is 12.1 Å². The highest BCUT2D eigenvalue weighted by Gasteiger charge is 2.14. The Bertz CT molecular complexity index is 472. The zero-order chi connectivity index (χ0) is 15.0. The van der Waals surface area contributed by atoms with E-state index in [0.717, 1.165) is 24.0 Å². The molecule has 0 aliphatic rings. The molecule has 0 aliphatic carbocycles. The highest BCUT2D eigenvalue weighted by atomic mass is 16.3. The van der Waals surface area contributed by atoms with Crippen molar-refractivity contribution < 1.29 is 14.7 Å². The van der Waals surface area contributed by atoms with Gasteiger partial charge in [0, 0.05) is 18.8 Å². The maximum atomic E-state index is 11.7. The molecule has 0 saturated heterocycles. The Balaban J connectivity index is 2.42. The number of aryl methyl sites for hydroxylation is 1. The van der Waals surface area contributed by atoms with Gasteiger partial charge in [-0.25, -0.2) is 0 Å². The number of aliphatic hydroxyl groups excluding tert-OH is 1. The molecule has 0 aliphatic heterocycles. The maximum Gasteiger partial charge on any atom is 0.313 e. The molecule has 5 heteroatoms. The standard InChI is InChI=1S/C15H22N2O3/c1-11-7-6-8-13(12(11)2)17-15(20)14(19)16-9-4-3-5-10-18/h6-8,18H,3-5,9-10H2,1-2H3,(H,16,19)(H,17,20). The first kappa shape index (κ1) is 16.2. The molecule has 110 valence electrons. The lowest BCUT2D eigenvalue weighted by molar-refractivity contribution is -0.136. The molecule has 20 heavy (non-hydrogen) atoms. The number of carbonyl (C=O) groups is 2. The van der Waals surface area contributed by atoms with E-state index in [9.17, 15) is 9.59 Å². The van der Waals surface area contributed by atoms with Gasteiger partial charge >= 0.3 is 11.8 Å². The van der Waals surface area contributed by atoms with Gasteiger partial charge in [0.1, 0.15) is 0 Å². The SMILES string of the molecule is Cc1cccc(NC(=O)C(=O)NCCCCCO)c1C. The van der Waals surface area contributed by atoms with Crippen LogP contribution < -0.4 is 10.6 Å². The van der Waals surface area contributed by atoms with Gasteiger partial charge in [0.25, 0.3) is 0 Å². The van der Waals surface area contributed by atoms with E-state index in [1.165, 1.54) is 0 Å². The first-order valence-corrected chi connectivity index (χ1v) is 6.82. The number of anilines is 1. The third-order valence-corrected chi connectivity index (χ3v) is 3.18. The number of hydrogen-bond acceptors (Lipinski definition) is 3. The summed E-state index contributed by atoms with van der Waals surface area (Å²) >= 11 is 0. The van der Waals surface area contributed by atoms with Gasteiger partial charge in [0.05, 0.1) is 0 Å². The Morgan fingerprint density at radius 1 is 1.10 bits per heavy atom. The van der Waals surface area contributed by atoms with Gasteiger partial charge < -0.3 is 15.7 Å². The average molecular weight is 278 g/mol. The van der Waals surface area contributed by atoms with Crippen molar-refractivity contribution in [3.05, 3.63) is 29.3 Å². The summed E-state index contributed by atoms with van der Waals surface area (Å²) in [4.78, 5) is 23.3. The molecule has 0 unspecified atom stereocenters. The monoisotopic (exact) mass is 278 g/mol. The number of rotatable bonds is 6. The normalized spacial score (nSPS) is 10.2. The van der Waals surface area contributed by atoms with Crippen molar-refractivity contribution >= 4 is 17.5 Å². The minimum absolute atomic E-state index is 0.154. The van der Waals surface area contributed by atoms with Crippen LogP contribution in [0.1, 0.15) is 30.4 Å². The largest absolute Gasteiger partial charge is 0.396 e. The lowest BCUT2D eigenvalue weighted by Gasteiger charge is -2.10. The Hall–Kier alpha value is -1.88. The van der Waals surface area contributed by atoms with Gasteiger partial charge in [-0.3, -0.25) is 9.59 Å². The topological polar surface area (TPSA) is 78.4 Å². The van der Waals surface area contributed by atoms with E-state index < -0.39 is 11.8 Å². The first-order valence-electron chi connectivity index (χ1n) is 6.82. The molecule has 3 N–H and O–H groups in total. The molecule has 1 rings (SSSR count). The quantitative estimate of drug-likeness (QED) is 0.545. The zero-order valence-corrected chi connectivity index (χ0v) is 12.0. The molecule has 5 nitrogen and oxygen atoms in total. The zero-order valence-electron chi connectivity index (χ0n) is 12.0. The summed E-state index contributed by atoms with van der Waals surface area (Å²) in [5.74, 6) is -1.28. The molecule has 1 aromatic rings. The fourth-order valence-corrected chi connectivity index (χ4v) is 1.76. The van der Waals surface area contributed by atoms with Crippen molar-refractivity contribution in [2.24, 2.45) is 0 Å². The van der Waals surface area contributed by atoms with Crippen LogP contribution in [0.5, 0.6) is 0 Å². The van der Waals surface area contributed by atoms with Gasteiger partial charge in [-0.05, 0) is 50.3 Å². The summed E-state index contributed by atoms with van der Waals surface area (Å²) in [5, 5.41) is 13.8. The van der Waals surface area contributed by atoms with E-state index in [1.54, 1.807) is 6.07 Å². The Morgan fingerprint density at radius 3 is 2.55 bits per heavy atom. The van der Waals surface area contributed by atoms with Gasteiger partial charge in [0.2, 0.25) is 0 Å². The highest BCUT2D eigenvalue weighted by Crippen LogP contribution is 2.17. The molecule has 0 atom stereocenters. The van der Waals surface area contributed by atoms with Crippen molar-refractivity contribution in [3.63, 3.8) is 0 Å². The Labute approximate surface area is 119 Å². The third-order valence-electron chi connectivity index (χ3n) is 3.18. The highest BCUT2D eigenvalue weighted by molar-refractivity contribution is 6.39. The lowest BCUT2D eigenvalue weighted by atomic mass is 10.1. The van der Waals surface area contributed by atoms with Crippen LogP contribution in [0.4, 0.5) is 5.69 Å². The number of hydrogen-bond donors (Lipinski definition) is 3. The minimum Gasteiger partial charge on any atom is -0.396 e. The van der Waals surface area contributed by atoms with Crippen LogP contribution >= 0.6 is 0 Å². The van der Waals surface area contributed by atoms with Crippen LogP contribution in [0.3, 0.4) is 0 Å². The molecular weight excluding hydrogens is 256 g/mol. The molecule has 0 spiro atoms. The number of amides is 2. The van der Waals surface area contributed by atoms with Crippen LogP contribution in [0.25, 0.3) is 0 Å². The second-order valence-electron chi connectivity index (χ2n) is 4.74. The van der Waals surface area contributed by atoms with Crippen molar-refractivity contribution in [3.8, 4) is 0 Å². The van der Waals surface area contributed by atoms with Crippen molar-refractivity contribution in [2.75, 3.05) is 18.5 Å². The average Bonchev–Trinajstić information content (AvgIpc) is 2.43. The summed E-state index contributed by atoms with van der Waals surface area (Å²) in [6, 6.07) is 5.56. The van der Waals surface area contributed by atoms with E-state index in [-0.39, 0.29) is 6.61 Å². The van der Waals surface area contributed by atoms with Crippen molar-refractivity contribution in [1.29, 1.82) is 0 Å². The smallest absolute Gasteiger partial charge is 0.313 e. The predicted molar refractivity (Wildman–Crippen MR) is 78.5 cm³/mol. The van der Waals surface area contributed by atoms with Gasteiger partial charge in [0.15, 0.2) is 0 Å². The van der Waals surface area contributed by atoms with Crippen LogP contribution in [0.2, 0.25) is 0 Å². The molecule has 0 bridgehead atoms. The van der Waals surface area contributed by atoms with Crippen molar-refractivity contribution in [2.45, 2.75) is 33.1 Å².